The van der Waals surface area contributed by atoms with Crippen LogP contribution < -0.4 is 0 Å². The second-order valence-corrected chi connectivity index (χ2v) is 3.65. The smallest absolute Gasteiger partial charge is 0.0277 e. The van der Waals surface area contributed by atoms with Crippen LogP contribution in [0.3, 0.4) is 0 Å². The molecule has 0 spiro atoms. The first kappa shape index (κ1) is 9.50. The van der Waals surface area contributed by atoms with Gasteiger partial charge in [-0.15, -0.1) is 0 Å². The van der Waals surface area contributed by atoms with Crippen LogP contribution in [0.1, 0.15) is 39.0 Å². The van der Waals surface area contributed by atoms with E-state index in [-0.39, 0.29) is 0 Å². The molecule has 0 atom stereocenters. The second-order valence-electron chi connectivity index (χ2n) is 3.65. The van der Waals surface area contributed by atoms with E-state index >= 15 is 0 Å². The van der Waals surface area contributed by atoms with Gasteiger partial charge in [0.2, 0.25) is 0 Å². The lowest BCUT2D eigenvalue weighted by molar-refractivity contribution is 0.403. The Bertz CT molecular complexity index is 173. The molecular formula is C11H19N. The average molecular weight is 165 g/mol. The molecule has 0 radical (unpaired) electrons. The van der Waals surface area contributed by atoms with Crippen LogP contribution in [0.15, 0.2) is 16.6 Å². The number of rotatable bonds is 2. The van der Waals surface area contributed by atoms with Crippen LogP contribution in [-0.4, -0.2) is 13.3 Å². The Balaban J connectivity index is 2.44. The van der Waals surface area contributed by atoms with E-state index in [9.17, 15) is 0 Å². The summed E-state index contributed by atoms with van der Waals surface area (Å²) in [5.41, 5.74) is 1.51. The van der Waals surface area contributed by atoms with Crippen molar-refractivity contribution in [2.24, 2.45) is 10.9 Å². The van der Waals surface area contributed by atoms with E-state index in [1.54, 1.807) is 0 Å². The Morgan fingerprint density at radius 3 is 2.50 bits per heavy atom. The maximum atomic E-state index is 3.97. The minimum atomic E-state index is 0.844. The van der Waals surface area contributed by atoms with E-state index in [1.165, 1.54) is 37.7 Å². The Kier molecular flexibility index (Phi) is 4.06. The molecule has 0 unspecified atom stereocenters. The minimum Gasteiger partial charge on any atom is -0.297 e. The predicted octanol–water partition coefficient (Wildman–Crippen LogP) is 3.21. The fraction of sp³-hybridized carbons (Fsp3) is 0.727. The van der Waals surface area contributed by atoms with E-state index < -0.39 is 0 Å². The van der Waals surface area contributed by atoms with Crippen molar-refractivity contribution in [3.63, 3.8) is 0 Å². The first-order valence-electron chi connectivity index (χ1n) is 4.93. The van der Waals surface area contributed by atoms with Gasteiger partial charge < -0.3 is 0 Å². The molecule has 0 bridgehead atoms. The van der Waals surface area contributed by atoms with Gasteiger partial charge in [-0.3, -0.25) is 4.99 Å². The van der Waals surface area contributed by atoms with E-state index in [0.717, 1.165) is 5.92 Å². The number of allylic oxidation sites excluding steroid dienone is 2. The average Bonchev–Trinajstić information content (AvgIpc) is 2.15. The van der Waals surface area contributed by atoms with Crippen molar-refractivity contribution in [2.75, 3.05) is 7.05 Å². The topological polar surface area (TPSA) is 12.4 Å². The van der Waals surface area contributed by atoms with Gasteiger partial charge in [0, 0.05) is 13.3 Å². The zero-order valence-corrected chi connectivity index (χ0v) is 8.21. The maximum Gasteiger partial charge on any atom is 0.0277 e. The largest absolute Gasteiger partial charge is 0.297 e. The lowest BCUT2D eigenvalue weighted by Crippen LogP contribution is -2.07. The molecule has 0 N–H and O–H groups in total. The molecule has 1 aliphatic rings. The maximum absolute atomic E-state index is 3.97. The first-order valence-corrected chi connectivity index (χ1v) is 4.93. The van der Waals surface area contributed by atoms with Crippen molar-refractivity contribution in [3.8, 4) is 0 Å². The number of hydrogen-bond donors (Lipinski definition) is 0. The highest BCUT2D eigenvalue weighted by Gasteiger charge is 2.13. The lowest BCUT2D eigenvalue weighted by Gasteiger charge is -2.21. The molecule has 12 heavy (non-hydrogen) atoms. The van der Waals surface area contributed by atoms with Crippen LogP contribution in [0, 0.1) is 5.92 Å². The van der Waals surface area contributed by atoms with E-state index in [2.05, 4.69) is 18.0 Å². The van der Waals surface area contributed by atoms with Crippen LogP contribution in [-0.2, 0) is 0 Å². The second kappa shape index (κ2) is 5.13. The van der Waals surface area contributed by atoms with E-state index in [1.807, 2.05) is 13.3 Å². The van der Waals surface area contributed by atoms with Crippen LogP contribution in [0.5, 0.6) is 0 Å². The summed E-state index contributed by atoms with van der Waals surface area (Å²) in [7, 11) is 1.82. The standard InChI is InChI=1S/C11H19N/c1-10(8-9-12-2)11-6-4-3-5-7-11/h8-9,11H,3-7H2,1-2H3/b10-8+,12-9?. The Labute approximate surface area is 75.6 Å². The molecule has 1 saturated carbocycles. The molecule has 68 valence electrons. The fourth-order valence-electron chi connectivity index (χ4n) is 1.89. The normalized spacial score (nSPS) is 22.0. The lowest BCUT2D eigenvalue weighted by atomic mass is 9.84. The third-order valence-electron chi connectivity index (χ3n) is 2.74. The van der Waals surface area contributed by atoms with Gasteiger partial charge in [0.1, 0.15) is 0 Å². The van der Waals surface area contributed by atoms with Gasteiger partial charge in [0.25, 0.3) is 0 Å². The van der Waals surface area contributed by atoms with Crippen molar-refractivity contribution in [1.29, 1.82) is 0 Å². The molecule has 1 heteroatoms. The SMILES string of the molecule is CN=C/C=C(\C)C1CCCCC1. The third-order valence-corrected chi connectivity index (χ3v) is 2.74. The number of aliphatic imine (C=N–C) groups is 1. The fourth-order valence-corrected chi connectivity index (χ4v) is 1.89. The summed E-state index contributed by atoms with van der Waals surface area (Å²) < 4.78 is 0. The molecule has 1 aliphatic carbocycles. The van der Waals surface area contributed by atoms with Gasteiger partial charge in [-0.2, -0.15) is 0 Å². The highest BCUT2D eigenvalue weighted by Crippen LogP contribution is 2.28. The van der Waals surface area contributed by atoms with Crippen LogP contribution in [0.2, 0.25) is 0 Å². The van der Waals surface area contributed by atoms with Gasteiger partial charge in [0.15, 0.2) is 0 Å². The minimum absolute atomic E-state index is 0.844. The summed E-state index contributed by atoms with van der Waals surface area (Å²) in [5.74, 6) is 0.844. The van der Waals surface area contributed by atoms with Crippen LogP contribution >= 0.6 is 0 Å². The summed E-state index contributed by atoms with van der Waals surface area (Å²) >= 11 is 0. The Hall–Kier alpha value is -0.590. The van der Waals surface area contributed by atoms with Crippen molar-refractivity contribution < 1.29 is 0 Å². The Morgan fingerprint density at radius 1 is 1.25 bits per heavy atom. The summed E-state index contributed by atoms with van der Waals surface area (Å²) in [4.78, 5) is 3.97. The Morgan fingerprint density at radius 2 is 1.92 bits per heavy atom. The van der Waals surface area contributed by atoms with Crippen molar-refractivity contribution >= 4 is 6.21 Å². The van der Waals surface area contributed by atoms with Crippen molar-refractivity contribution in [1.82, 2.24) is 0 Å². The van der Waals surface area contributed by atoms with Gasteiger partial charge in [-0.1, -0.05) is 24.8 Å². The molecule has 0 aromatic heterocycles. The molecule has 1 nitrogen and oxygen atoms in total. The summed E-state index contributed by atoms with van der Waals surface area (Å²) in [5, 5.41) is 0. The zero-order valence-electron chi connectivity index (χ0n) is 8.21. The molecule has 0 saturated heterocycles. The molecule has 0 aromatic rings. The van der Waals surface area contributed by atoms with E-state index in [4.69, 9.17) is 0 Å². The highest BCUT2D eigenvalue weighted by molar-refractivity contribution is 5.71. The van der Waals surface area contributed by atoms with E-state index in [0.29, 0.717) is 0 Å². The number of nitrogens with zero attached hydrogens (tertiary/aromatic N) is 1. The first-order chi connectivity index (χ1) is 5.84. The summed E-state index contributed by atoms with van der Waals surface area (Å²) in [6.07, 6.45) is 11.1. The molecule has 0 amide bonds. The van der Waals surface area contributed by atoms with Gasteiger partial charge in [-0.05, 0) is 31.8 Å². The third kappa shape index (κ3) is 2.80. The number of hydrogen-bond acceptors (Lipinski definition) is 1. The van der Waals surface area contributed by atoms with Gasteiger partial charge in [0.05, 0.1) is 0 Å². The monoisotopic (exact) mass is 165 g/mol. The molecule has 0 aromatic carbocycles. The zero-order chi connectivity index (χ0) is 8.81. The van der Waals surface area contributed by atoms with Crippen molar-refractivity contribution in [3.05, 3.63) is 11.6 Å². The predicted molar refractivity (Wildman–Crippen MR) is 54.7 cm³/mol. The summed E-state index contributed by atoms with van der Waals surface area (Å²) in [6.45, 7) is 2.23. The summed E-state index contributed by atoms with van der Waals surface area (Å²) in [6, 6.07) is 0. The molecule has 0 heterocycles. The molecule has 1 rings (SSSR count). The van der Waals surface area contributed by atoms with Gasteiger partial charge >= 0.3 is 0 Å². The quantitative estimate of drug-likeness (QED) is 0.557. The molecular weight excluding hydrogens is 146 g/mol. The van der Waals surface area contributed by atoms with Gasteiger partial charge in [-0.25, -0.2) is 0 Å². The van der Waals surface area contributed by atoms with Crippen molar-refractivity contribution in [2.45, 2.75) is 39.0 Å². The molecule has 1 fully saturated rings. The van der Waals surface area contributed by atoms with Crippen LogP contribution in [0.25, 0.3) is 0 Å². The van der Waals surface area contributed by atoms with Crippen LogP contribution in [0.4, 0.5) is 0 Å². The molecule has 0 aliphatic heterocycles. The highest BCUT2D eigenvalue weighted by atomic mass is 14.6.